The molecule has 8 heteroatoms. The predicted octanol–water partition coefficient (Wildman–Crippen LogP) is 3.07. The highest BCUT2D eigenvalue weighted by Gasteiger charge is 2.20. The number of halogens is 2. The molecule has 1 aliphatic heterocycles. The predicted molar refractivity (Wildman–Crippen MR) is 112 cm³/mol. The van der Waals surface area contributed by atoms with Crippen LogP contribution in [0.1, 0.15) is 11.1 Å². The summed E-state index contributed by atoms with van der Waals surface area (Å²) in [4.78, 5) is 23.8. The Hall–Kier alpha value is -2.83. The van der Waals surface area contributed by atoms with E-state index in [1.807, 2.05) is 36.5 Å². The van der Waals surface area contributed by atoms with Crippen molar-refractivity contribution in [2.45, 2.75) is 6.42 Å². The maximum absolute atomic E-state index is 12.1. The molecule has 3 heterocycles. The zero-order valence-corrected chi connectivity index (χ0v) is 15.9. The number of carbonyl (C=O) groups is 1. The molecule has 1 amide bonds. The van der Waals surface area contributed by atoms with Gasteiger partial charge in [0.15, 0.2) is 0 Å². The van der Waals surface area contributed by atoms with Crippen LogP contribution < -0.4 is 10.6 Å². The van der Waals surface area contributed by atoms with Gasteiger partial charge in [0.1, 0.15) is 11.3 Å². The quantitative estimate of drug-likeness (QED) is 0.585. The van der Waals surface area contributed by atoms with E-state index in [1.165, 1.54) is 5.56 Å². The number of rotatable bonds is 4. The Balaban J connectivity index is 0.00000131. The summed E-state index contributed by atoms with van der Waals surface area (Å²) >= 11 is 0. The largest absolute Gasteiger partial charge is 0.355 e. The summed E-state index contributed by atoms with van der Waals surface area (Å²) in [5.41, 5.74) is 3.30. The van der Waals surface area contributed by atoms with Crippen molar-refractivity contribution in [3.05, 3.63) is 71.7 Å². The molecule has 0 saturated carbocycles. The van der Waals surface area contributed by atoms with Gasteiger partial charge in [0.05, 0.1) is 0 Å². The first-order chi connectivity index (χ1) is 12.3. The normalized spacial score (nSPS) is 14.3. The van der Waals surface area contributed by atoms with Crippen LogP contribution in [-0.2, 0) is 11.2 Å². The van der Waals surface area contributed by atoms with Gasteiger partial charge in [-0.05, 0) is 30.2 Å². The van der Waals surface area contributed by atoms with Gasteiger partial charge in [0.2, 0.25) is 5.96 Å². The van der Waals surface area contributed by atoms with E-state index in [9.17, 15) is 4.79 Å². The molecule has 2 aromatic heterocycles. The Bertz CT molecular complexity index is 982. The second kappa shape index (κ2) is 9.21. The number of hydrogen-bond acceptors (Lipinski definition) is 4. The molecule has 4 rings (SSSR count). The lowest BCUT2D eigenvalue weighted by Crippen LogP contribution is -2.37. The number of H-pyrrole nitrogens is 1. The minimum absolute atomic E-state index is 0. The monoisotopic (exact) mass is 403 g/mol. The fourth-order valence-corrected chi connectivity index (χ4v) is 2.77. The van der Waals surface area contributed by atoms with E-state index in [0.717, 1.165) is 23.0 Å². The van der Waals surface area contributed by atoms with Crippen LogP contribution >= 0.6 is 24.8 Å². The van der Waals surface area contributed by atoms with Crippen molar-refractivity contribution in [1.29, 1.82) is 0 Å². The highest BCUT2D eigenvalue weighted by Crippen LogP contribution is 2.20. The number of fused-ring (bicyclic) bond motifs is 1. The average Bonchev–Trinajstić information content (AvgIpc) is 3.20. The number of carbonyl (C=O) groups excluding carboxylic acids is 1. The van der Waals surface area contributed by atoms with E-state index in [-0.39, 0.29) is 30.7 Å². The van der Waals surface area contributed by atoms with E-state index in [2.05, 4.69) is 37.7 Å². The first-order valence-electron chi connectivity index (χ1n) is 8.11. The molecule has 140 valence electrons. The van der Waals surface area contributed by atoms with Gasteiger partial charge < -0.3 is 10.3 Å². The zero-order chi connectivity index (χ0) is 17.1. The summed E-state index contributed by atoms with van der Waals surface area (Å²) in [6.45, 7) is 0.702. The number of aromatic nitrogens is 2. The number of pyridine rings is 1. The molecule has 1 aromatic carbocycles. The summed E-state index contributed by atoms with van der Waals surface area (Å²) < 4.78 is 0. The topological polar surface area (TPSA) is 82.2 Å². The lowest BCUT2D eigenvalue weighted by molar-refractivity contribution is -0.115. The van der Waals surface area contributed by atoms with Crippen molar-refractivity contribution in [1.82, 2.24) is 20.6 Å². The maximum Gasteiger partial charge on any atom is 0.276 e. The van der Waals surface area contributed by atoms with Gasteiger partial charge >= 0.3 is 0 Å². The zero-order valence-electron chi connectivity index (χ0n) is 14.3. The number of hydrogen-bond donors (Lipinski definition) is 3. The Morgan fingerprint density at radius 1 is 1.07 bits per heavy atom. The molecule has 1 aliphatic rings. The Labute approximate surface area is 169 Å². The smallest absolute Gasteiger partial charge is 0.276 e. The van der Waals surface area contributed by atoms with Crippen molar-refractivity contribution in [2.24, 2.45) is 4.99 Å². The molecule has 0 saturated heterocycles. The molecule has 27 heavy (non-hydrogen) atoms. The molecule has 6 nitrogen and oxygen atoms in total. The number of nitrogens with zero attached hydrogens (tertiary/aromatic N) is 2. The van der Waals surface area contributed by atoms with Crippen LogP contribution in [0, 0.1) is 0 Å². The fraction of sp³-hybridized carbons (Fsp3) is 0.105. The summed E-state index contributed by atoms with van der Waals surface area (Å²) in [6.07, 6.45) is 6.18. The molecular formula is C19H19Cl2N5O. The summed E-state index contributed by atoms with van der Waals surface area (Å²) in [6, 6.07) is 14.0. The van der Waals surface area contributed by atoms with Crippen LogP contribution in [0.5, 0.6) is 0 Å². The van der Waals surface area contributed by atoms with E-state index in [1.54, 1.807) is 12.3 Å². The van der Waals surface area contributed by atoms with Gasteiger partial charge in [0.25, 0.3) is 5.91 Å². The number of benzene rings is 1. The third kappa shape index (κ3) is 4.67. The summed E-state index contributed by atoms with van der Waals surface area (Å²) in [5, 5.41) is 6.88. The third-order valence-electron chi connectivity index (χ3n) is 4.02. The van der Waals surface area contributed by atoms with E-state index < -0.39 is 0 Å². The molecule has 3 aromatic rings. The maximum atomic E-state index is 12.1. The number of aliphatic imine (C=N–C) groups is 1. The summed E-state index contributed by atoms with van der Waals surface area (Å²) in [7, 11) is 0. The first-order valence-corrected chi connectivity index (χ1v) is 8.11. The van der Waals surface area contributed by atoms with Gasteiger partial charge in [-0.25, -0.2) is 9.98 Å². The molecule has 0 atom stereocenters. The van der Waals surface area contributed by atoms with Gasteiger partial charge in [0, 0.05) is 29.9 Å². The third-order valence-corrected chi connectivity index (χ3v) is 4.02. The number of amides is 1. The van der Waals surface area contributed by atoms with E-state index in [4.69, 9.17) is 0 Å². The van der Waals surface area contributed by atoms with Gasteiger partial charge in [-0.15, -0.1) is 24.8 Å². The van der Waals surface area contributed by atoms with Crippen molar-refractivity contribution in [3.63, 3.8) is 0 Å². The number of guanidine groups is 1. The molecular weight excluding hydrogens is 385 g/mol. The second-order valence-corrected chi connectivity index (χ2v) is 5.75. The highest BCUT2D eigenvalue weighted by atomic mass is 35.5. The van der Waals surface area contributed by atoms with Crippen LogP contribution in [0.3, 0.4) is 0 Å². The molecule has 0 spiro atoms. The first kappa shape index (κ1) is 20.5. The lowest BCUT2D eigenvalue weighted by atomic mass is 10.1. The van der Waals surface area contributed by atoms with Crippen LogP contribution in [0.4, 0.5) is 0 Å². The van der Waals surface area contributed by atoms with Crippen LogP contribution in [0.2, 0.25) is 0 Å². The molecule has 0 aliphatic carbocycles. The van der Waals surface area contributed by atoms with Crippen molar-refractivity contribution >= 4 is 53.8 Å². The van der Waals surface area contributed by atoms with Crippen LogP contribution in [0.25, 0.3) is 17.1 Å². The minimum atomic E-state index is -0.208. The molecule has 0 bridgehead atoms. The lowest BCUT2D eigenvalue weighted by Gasteiger charge is -2.04. The summed E-state index contributed by atoms with van der Waals surface area (Å²) in [5.74, 6) is 0.283. The van der Waals surface area contributed by atoms with Crippen LogP contribution in [-0.4, -0.2) is 28.4 Å². The fourth-order valence-electron chi connectivity index (χ4n) is 2.77. The van der Waals surface area contributed by atoms with Gasteiger partial charge in [-0.3, -0.25) is 10.1 Å². The molecule has 0 fully saturated rings. The standard InChI is InChI=1S/C19H17N5O.2ClH/c25-18-16(11-14-12-22-17-15(14)7-4-9-20-17)23-19(24-18)21-10-8-13-5-2-1-3-6-13;;/h1-7,9,11-12H,8,10H2,(H,20,22)(H2,21,23,24,25);2*1H/b16-11-;;. The Morgan fingerprint density at radius 2 is 1.89 bits per heavy atom. The van der Waals surface area contributed by atoms with Crippen molar-refractivity contribution in [2.75, 3.05) is 6.54 Å². The SMILES string of the molecule is Cl.Cl.O=C1NC(NCCc2ccccc2)=N/C1=C\c1c[nH]c2ncccc12. The minimum Gasteiger partial charge on any atom is -0.355 e. The van der Waals surface area contributed by atoms with Gasteiger partial charge in [-0.1, -0.05) is 30.3 Å². The van der Waals surface area contributed by atoms with Gasteiger partial charge in [-0.2, -0.15) is 0 Å². The molecule has 0 unspecified atom stereocenters. The molecule has 0 radical (unpaired) electrons. The number of aromatic amines is 1. The van der Waals surface area contributed by atoms with Crippen molar-refractivity contribution in [3.8, 4) is 0 Å². The van der Waals surface area contributed by atoms with Crippen molar-refractivity contribution < 1.29 is 4.79 Å². The second-order valence-electron chi connectivity index (χ2n) is 5.75. The highest BCUT2D eigenvalue weighted by molar-refractivity contribution is 6.14. The van der Waals surface area contributed by atoms with E-state index in [0.29, 0.717) is 18.2 Å². The van der Waals surface area contributed by atoms with E-state index >= 15 is 0 Å². The Kier molecular flexibility index (Phi) is 6.98. The average molecular weight is 404 g/mol. The number of nitrogens with one attached hydrogen (secondary N) is 3. The van der Waals surface area contributed by atoms with Crippen LogP contribution in [0.15, 0.2) is 65.5 Å². The molecule has 3 N–H and O–H groups in total. The Morgan fingerprint density at radius 3 is 2.70 bits per heavy atom.